The second kappa shape index (κ2) is 11.4. The van der Waals surface area contributed by atoms with Crippen LogP contribution in [0.2, 0.25) is 0 Å². The minimum Gasteiger partial charge on any atom is -0.301 e. The van der Waals surface area contributed by atoms with Crippen LogP contribution >= 0.6 is 11.6 Å². The van der Waals surface area contributed by atoms with Crippen LogP contribution < -0.4 is 0 Å². The third-order valence-corrected chi connectivity index (χ3v) is 5.02. The van der Waals surface area contributed by atoms with Crippen molar-refractivity contribution in [3.05, 3.63) is 71.3 Å². The Morgan fingerprint density at radius 2 is 1.26 bits per heavy atom. The molecule has 148 valence electrons. The summed E-state index contributed by atoms with van der Waals surface area (Å²) in [5.74, 6) is 0.202. The Labute approximate surface area is 166 Å². The average Bonchev–Trinajstić information content (AvgIpc) is 2.72. The Hall–Kier alpha value is -1.49. The van der Waals surface area contributed by atoms with Gasteiger partial charge in [-0.3, -0.25) is 4.90 Å². The summed E-state index contributed by atoms with van der Waals surface area (Å²) in [6.07, 6.45) is 1.00. The quantitative estimate of drug-likeness (QED) is 0.611. The van der Waals surface area contributed by atoms with Gasteiger partial charge in [0.05, 0.1) is 6.04 Å². The van der Waals surface area contributed by atoms with E-state index >= 15 is 0 Å². The number of benzene rings is 2. The molecule has 0 aromatic heterocycles. The topological polar surface area (TPSA) is 6.48 Å². The number of halogens is 3. The Morgan fingerprint density at radius 3 is 1.67 bits per heavy atom. The molecule has 0 radical (unpaired) electrons. The van der Waals surface area contributed by atoms with E-state index in [4.69, 9.17) is 11.6 Å². The summed E-state index contributed by atoms with van der Waals surface area (Å²) >= 11 is 5.79. The van der Waals surface area contributed by atoms with E-state index in [1.165, 1.54) is 24.3 Å². The normalized spacial score (nSPS) is 15.5. The van der Waals surface area contributed by atoms with E-state index in [9.17, 15) is 8.78 Å². The summed E-state index contributed by atoms with van der Waals surface area (Å²) in [7, 11) is 0. The zero-order valence-electron chi connectivity index (χ0n) is 16.2. The van der Waals surface area contributed by atoms with Crippen LogP contribution in [0.25, 0.3) is 0 Å². The van der Waals surface area contributed by atoms with Gasteiger partial charge >= 0.3 is 0 Å². The van der Waals surface area contributed by atoms with Crippen LogP contribution in [0.1, 0.15) is 37.4 Å². The monoisotopic (exact) mass is 394 g/mol. The lowest BCUT2D eigenvalue weighted by Gasteiger charge is -2.39. The van der Waals surface area contributed by atoms with E-state index in [1.54, 1.807) is 0 Å². The molecule has 0 bridgehead atoms. The number of hydrogen-bond acceptors (Lipinski definition) is 2. The molecule has 0 saturated carbocycles. The van der Waals surface area contributed by atoms with Crippen LogP contribution in [0.5, 0.6) is 0 Å². The molecule has 2 aromatic carbocycles. The fourth-order valence-electron chi connectivity index (χ4n) is 3.43. The standard InChI is InChI=1S/C20H23ClF2N2.C2H6/c21-10-1-11-24-12-14-25(15-13-24)20(16-2-6-18(22)7-3-16)17-4-8-19(23)9-5-17;1-2/h2-9,20H,1,10-15H2;1-2H3. The Balaban J connectivity index is 0.00000126. The molecule has 1 aliphatic rings. The molecule has 0 amide bonds. The summed E-state index contributed by atoms with van der Waals surface area (Å²) in [4.78, 5) is 4.81. The molecule has 0 N–H and O–H groups in total. The van der Waals surface area contributed by atoms with E-state index < -0.39 is 0 Å². The van der Waals surface area contributed by atoms with Gasteiger partial charge in [-0.2, -0.15) is 0 Å². The Morgan fingerprint density at radius 1 is 0.815 bits per heavy atom. The highest BCUT2D eigenvalue weighted by atomic mass is 35.5. The first-order valence-corrected chi connectivity index (χ1v) is 10.2. The highest BCUT2D eigenvalue weighted by molar-refractivity contribution is 6.17. The number of hydrogen-bond donors (Lipinski definition) is 0. The first-order valence-electron chi connectivity index (χ1n) is 9.70. The van der Waals surface area contributed by atoms with E-state index in [0.29, 0.717) is 5.88 Å². The van der Waals surface area contributed by atoms with E-state index in [2.05, 4.69) is 9.80 Å². The van der Waals surface area contributed by atoms with Crippen molar-refractivity contribution < 1.29 is 8.78 Å². The lowest BCUT2D eigenvalue weighted by atomic mass is 9.96. The molecule has 1 saturated heterocycles. The van der Waals surface area contributed by atoms with Crippen LogP contribution in [-0.4, -0.2) is 48.4 Å². The fraction of sp³-hybridized carbons (Fsp3) is 0.455. The van der Waals surface area contributed by atoms with Gasteiger partial charge in [-0.1, -0.05) is 38.1 Å². The van der Waals surface area contributed by atoms with E-state index in [1.807, 2.05) is 38.1 Å². The summed E-state index contributed by atoms with van der Waals surface area (Å²) in [6, 6.07) is 13.3. The van der Waals surface area contributed by atoms with Gasteiger partial charge < -0.3 is 4.90 Å². The zero-order valence-corrected chi connectivity index (χ0v) is 16.9. The molecule has 2 nitrogen and oxygen atoms in total. The lowest BCUT2D eigenvalue weighted by molar-refractivity contribution is 0.109. The van der Waals surface area contributed by atoms with Crippen molar-refractivity contribution >= 4 is 11.6 Å². The molecule has 0 unspecified atom stereocenters. The zero-order chi connectivity index (χ0) is 19.6. The van der Waals surface area contributed by atoms with Crippen molar-refractivity contribution in [3.63, 3.8) is 0 Å². The number of nitrogens with zero attached hydrogens (tertiary/aromatic N) is 2. The third kappa shape index (κ3) is 6.27. The molecular formula is C22H29ClF2N2. The predicted molar refractivity (Wildman–Crippen MR) is 109 cm³/mol. The lowest BCUT2D eigenvalue weighted by Crippen LogP contribution is -2.48. The van der Waals surface area contributed by atoms with Crippen LogP contribution in [0, 0.1) is 11.6 Å². The van der Waals surface area contributed by atoms with Crippen molar-refractivity contribution in [2.75, 3.05) is 38.6 Å². The Bertz CT molecular complexity index is 608. The molecule has 27 heavy (non-hydrogen) atoms. The second-order valence-electron chi connectivity index (χ2n) is 6.43. The summed E-state index contributed by atoms with van der Waals surface area (Å²) < 4.78 is 26.7. The first-order chi connectivity index (χ1) is 13.2. The van der Waals surface area contributed by atoms with Gasteiger partial charge in [-0.15, -0.1) is 11.6 Å². The van der Waals surface area contributed by atoms with Crippen molar-refractivity contribution in [1.29, 1.82) is 0 Å². The molecule has 1 fully saturated rings. The SMILES string of the molecule is CC.Fc1ccc(C(c2ccc(F)cc2)N2CCN(CCCCl)CC2)cc1. The van der Waals surface area contributed by atoms with Crippen molar-refractivity contribution in [2.24, 2.45) is 0 Å². The maximum atomic E-state index is 13.3. The number of alkyl halides is 1. The van der Waals surface area contributed by atoms with Crippen molar-refractivity contribution in [2.45, 2.75) is 26.3 Å². The van der Waals surface area contributed by atoms with Gasteiger partial charge in [0, 0.05) is 32.1 Å². The number of piperazine rings is 1. The summed E-state index contributed by atoms with van der Waals surface area (Å²) in [5.41, 5.74) is 2.06. The second-order valence-corrected chi connectivity index (χ2v) is 6.80. The summed E-state index contributed by atoms with van der Waals surface area (Å²) in [6.45, 7) is 8.82. The smallest absolute Gasteiger partial charge is 0.123 e. The Kier molecular flexibility index (Phi) is 9.19. The first kappa shape index (κ1) is 21.8. The fourth-order valence-corrected chi connectivity index (χ4v) is 3.55. The molecule has 5 heteroatoms. The molecule has 3 rings (SSSR count). The van der Waals surface area contributed by atoms with Gasteiger partial charge in [0.15, 0.2) is 0 Å². The largest absolute Gasteiger partial charge is 0.301 e. The molecule has 1 heterocycles. The van der Waals surface area contributed by atoms with Crippen LogP contribution in [0.3, 0.4) is 0 Å². The third-order valence-electron chi connectivity index (χ3n) is 4.75. The minimum absolute atomic E-state index is 0.0105. The van der Waals surface area contributed by atoms with Crippen LogP contribution in [0.15, 0.2) is 48.5 Å². The molecule has 2 aromatic rings. The molecule has 1 aliphatic heterocycles. The maximum absolute atomic E-state index is 13.3. The summed E-state index contributed by atoms with van der Waals surface area (Å²) in [5, 5.41) is 0. The molecular weight excluding hydrogens is 366 g/mol. The average molecular weight is 395 g/mol. The predicted octanol–water partition coefficient (Wildman–Crippen LogP) is 5.33. The highest BCUT2D eigenvalue weighted by Gasteiger charge is 2.26. The van der Waals surface area contributed by atoms with Crippen LogP contribution in [0.4, 0.5) is 8.78 Å². The van der Waals surface area contributed by atoms with Crippen LogP contribution in [-0.2, 0) is 0 Å². The molecule has 0 atom stereocenters. The number of rotatable bonds is 6. The van der Waals surface area contributed by atoms with Gasteiger partial charge in [0.1, 0.15) is 11.6 Å². The minimum atomic E-state index is -0.243. The van der Waals surface area contributed by atoms with Gasteiger partial charge in [-0.25, -0.2) is 8.78 Å². The molecule has 0 aliphatic carbocycles. The maximum Gasteiger partial charge on any atom is 0.123 e. The van der Waals surface area contributed by atoms with E-state index in [-0.39, 0.29) is 17.7 Å². The van der Waals surface area contributed by atoms with Gasteiger partial charge in [0.2, 0.25) is 0 Å². The van der Waals surface area contributed by atoms with Crippen molar-refractivity contribution in [1.82, 2.24) is 9.80 Å². The van der Waals surface area contributed by atoms with Crippen molar-refractivity contribution in [3.8, 4) is 0 Å². The van der Waals surface area contributed by atoms with Gasteiger partial charge in [-0.05, 0) is 48.4 Å². The van der Waals surface area contributed by atoms with E-state index in [0.717, 1.165) is 50.3 Å². The highest BCUT2D eigenvalue weighted by Crippen LogP contribution is 2.30. The van der Waals surface area contributed by atoms with Gasteiger partial charge in [0.25, 0.3) is 0 Å². The molecule has 0 spiro atoms.